The normalized spacial score (nSPS) is 19.7. The number of aromatic nitrogens is 2. The van der Waals surface area contributed by atoms with Crippen molar-refractivity contribution in [2.24, 2.45) is 0 Å². The lowest BCUT2D eigenvalue weighted by molar-refractivity contribution is -0.123. The van der Waals surface area contributed by atoms with Crippen LogP contribution in [0.5, 0.6) is 5.75 Å². The van der Waals surface area contributed by atoms with Crippen molar-refractivity contribution in [1.29, 1.82) is 0 Å². The molecule has 1 aliphatic heterocycles. The number of carboxylic acid groups (broad SMARTS) is 1. The lowest BCUT2D eigenvalue weighted by atomic mass is 10.1. The maximum absolute atomic E-state index is 12.2. The largest absolute Gasteiger partial charge is 0.486 e. The number of rotatable bonds is 7. The highest BCUT2D eigenvalue weighted by atomic mass is 16.5. The van der Waals surface area contributed by atoms with Gasteiger partial charge in [-0.05, 0) is 42.7 Å². The molecule has 0 unspecified atom stereocenters. The number of carbonyl (C=O) groups is 2. The van der Waals surface area contributed by atoms with Crippen molar-refractivity contribution in [1.82, 2.24) is 15.5 Å². The summed E-state index contributed by atoms with van der Waals surface area (Å²) in [7, 11) is 0. The molecule has 138 valence electrons. The van der Waals surface area contributed by atoms with E-state index in [1.54, 1.807) is 24.5 Å². The zero-order valence-electron chi connectivity index (χ0n) is 14.2. The van der Waals surface area contributed by atoms with Gasteiger partial charge >= 0.3 is 5.97 Å². The number of carbonyl (C=O) groups excluding carboxylic acids is 1. The van der Waals surface area contributed by atoms with Crippen molar-refractivity contribution in [3.63, 3.8) is 0 Å². The minimum atomic E-state index is -0.986. The summed E-state index contributed by atoms with van der Waals surface area (Å²) in [6.07, 6.45) is 4.81. The maximum atomic E-state index is 12.2. The van der Waals surface area contributed by atoms with Gasteiger partial charge in [-0.15, -0.1) is 0 Å². The van der Waals surface area contributed by atoms with E-state index in [1.807, 2.05) is 0 Å². The second kappa shape index (κ2) is 8.48. The van der Waals surface area contributed by atoms with Crippen molar-refractivity contribution in [2.45, 2.75) is 31.4 Å². The summed E-state index contributed by atoms with van der Waals surface area (Å²) in [5.41, 5.74) is 1.18. The molecule has 1 aliphatic rings. The summed E-state index contributed by atoms with van der Waals surface area (Å²) in [5.74, 6) is -0.489. The fraction of sp³-hybridized carbons (Fsp3) is 0.389. The standard InChI is InChI=1S/C18H21N3O5/c22-17(6-1-12-9-19-20-10-12)21-15-7-8-25-11-16(15)26-14-4-2-13(3-5-14)18(23)24/h2-5,9-10,15-16H,1,6-8,11H2,(H,19,20)(H,21,22)(H,23,24)/t15-,16-/m1/s1. The highest BCUT2D eigenvalue weighted by molar-refractivity contribution is 5.87. The molecule has 1 aromatic carbocycles. The number of aromatic amines is 1. The number of hydrogen-bond acceptors (Lipinski definition) is 5. The first-order valence-electron chi connectivity index (χ1n) is 8.46. The average Bonchev–Trinajstić information content (AvgIpc) is 3.16. The van der Waals surface area contributed by atoms with E-state index in [-0.39, 0.29) is 23.6 Å². The van der Waals surface area contributed by atoms with E-state index in [0.717, 1.165) is 5.56 Å². The predicted octanol–water partition coefficient (Wildman–Crippen LogP) is 1.39. The zero-order valence-corrected chi connectivity index (χ0v) is 14.2. The molecule has 1 amide bonds. The van der Waals surface area contributed by atoms with Gasteiger partial charge in [-0.1, -0.05) is 0 Å². The van der Waals surface area contributed by atoms with Crippen molar-refractivity contribution in [3.05, 3.63) is 47.8 Å². The van der Waals surface area contributed by atoms with Crippen LogP contribution in [0.3, 0.4) is 0 Å². The van der Waals surface area contributed by atoms with Crippen LogP contribution in [0.25, 0.3) is 0 Å². The Hall–Kier alpha value is -2.87. The van der Waals surface area contributed by atoms with Crippen LogP contribution in [0.1, 0.15) is 28.8 Å². The van der Waals surface area contributed by atoms with Crippen LogP contribution in [-0.4, -0.2) is 52.5 Å². The van der Waals surface area contributed by atoms with Crippen LogP contribution in [-0.2, 0) is 16.0 Å². The minimum Gasteiger partial charge on any atom is -0.486 e. The van der Waals surface area contributed by atoms with Gasteiger partial charge in [0.25, 0.3) is 0 Å². The molecule has 8 heteroatoms. The minimum absolute atomic E-state index is 0.0482. The van der Waals surface area contributed by atoms with E-state index in [4.69, 9.17) is 14.6 Å². The summed E-state index contributed by atoms with van der Waals surface area (Å²) in [4.78, 5) is 23.1. The Bertz CT molecular complexity index is 730. The number of H-pyrrole nitrogens is 1. The van der Waals surface area contributed by atoms with Crippen molar-refractivity contribution < 1.29 is 24.2 Å². The molecule has 2 heterocycles. The Morgan fingerprint density at radius 1 is 1.35 bits per heavy atom. The monoisotopic (exact) mass is 359 g/mol. The Morgan fingerprint density at radius 3 is 2.85 bits per heavy atom. The quantitative estimate of drug-likeness (QED) is 0.688. The third-order valence-electron chi connectivity index (χ3n) is 4.23. The van der Waals surface area contributed by atoms with Crippen molar-refractivity contribution in [3.8, 4) is 5.75 Å². The molecule has 26 heavy (non-hydrogen) atoms. The summed E-state index contributed by atoms with van der Waals surface area (Å²) >= 11 is 0. The average molecular weight is 359 g/mol. The van der Waals surface area contributed by atoms with Crippen LogP contribution < -0.4 is 10.1 Å². The Labute approximate surface area is 150 Å². The molecule has 3 N–H and O–H groups in total. The third kappa shape index (κ3) is 4.82. The van der Waals surface area contributed by atoms with Crippen LogP contribution in [0.2, 0.25) is 0 Å². The molecular formula is C18H21N3O5. The van der Waals surface area contributed by atoms with Crippen LogP contribution >= 0.6 is 0 Å². The van der Waals surface area contributed by atoms with Gasteiger partial charge in [-0.3, -0.25) is 9.89 Å². The summed E-state index contributed by atoms with van der Waals surface area (Å²) in [5, 5.41) is 18.5. The number of amides is 1. The van der Waals surface area contributed by atoms with Crippen molar-refractivity contribution >= 4 is 11.9 Å². The van der Waals surface area contributed by atoms with E-state index in [0.29, 0.717) is 38.2 Å². The first-order chi connectivity index (χ1) is 12.6. The molecule has 0 saturated carbocycles. The Balaban J connectivity index is 1.55. The smallest absolute Gasteiger partial charge is 0.335 e. The summed E-state index contributed by atoms with van der Waals surface area (Å²) in [6.45, 7) is 0.928. The topological polar surface area (TPSA) is 114 Å². The molecule has 1 aromatic heterocycles. The highest BCUT2D eigenvalue weighted by Crippen LogP contribution is 2.19. The fourth-order valence-electron chi connectivity index (χ4n) is 2.80. The van der Waals surface area contributed by atoms with Gasteiger partial charge < -0.3 is 19.9 Å². The predicted molar refractivity (Wildman–Crippen MR) is 92.1 cm³/mol. The summed E-state index contributed by atoms with van der Waals surface area (Å²) in [6, 6.07) is 6.03. The molecule has 1 saturated heterocycles. The molecule has 8 nitrogen and oxygen atoms in total. The number of nitrogens with zero attached hydrogens (tertiary/aromatic N) is 1. The number of ether oxygens (including phenoxy) is 2. The van der Waals surface area contributed by atoms with E-state index in [9.17, 15) is 9.59 Å². The lowest BCUT2D eigenvalue weighted by Gasteiger charge is -2.32. The number of aromatic carboxylic acids is 1. The highest BCUT2D eigenvalue weighted by Gasteiger charge is 2.29. The number of aryl methyl sites for hydroxylation is 1. The Kier molecular flexibility index (Phi) is 5.85. The van der Waals surface area contributed by atoms with Gasteiger partial charge in [0.1, 0.15) is 11.9 Å². The van der Waals surface area contributed by atoms with Gasteiger partial charge in [0, 0.05) is 19.2 Å². The second-order valence-electron chi connectivity index (χ2n) is 6.13. The first kappa shape index (κ1) is 17.9. The van der Waals surface area contributed by atoms with Crippen LogP contribution in [0.4, 0.5) is 0 Å². The van der Waals surface area contributed by atoms with Crippen LogP contribution in [0, 0.1) is 0 Å². The first-order valence-corrected chi connectivity index (χ1v) is 8.46. The summed E-state index contributed by atoms with van der Waals surface area (Å²) < 4.78 is 11.4. The van der Waals surface area contributed by atoms with Gasteiger partial charge in [0.15, 0.2) is 0 Å². The lowest BCUT2D eigenvalue weighted by Crippen LogP contribution is -2.51. The Morgan fingerprint density at radius 2 is 2.15 bits per heavy atom. The van der Waals surface area contributed by atoms with E-state index in [2.05, 4.69) is 15.5 Å². The zero-order chi connectivity index (χ0) is 18.4. The molecule has 1 fully saturated rings. The third-order valence-corrected chi connectivity index (χ3v) is 4.23. The van der Waals surface area contributed by atoms with Crippen LogP contribution in [0.15, 0.2) is 36.7 Å². The van der Waals surface area contributed by atoms with E-state index < -0.39 is 5.97 Å². The van der Waals surface area contributed by atoms with E-state index in [1.165, 1.54) is 12.1 Å². The molecule has 0 radical (unpaired) electrons. The van der Waals surface area contributed by atoms with E-state index >= 15 is 0 Å². The molecule has 0 spiro atoms. The van der Waals surface area contributed by atoms with Gasteiger partial charge in [-0.2, -0.15) is 5.10 Å². The molecular weight excluding hydrogens is 338 g/mol. The number of carboxylic acids is 1. The molecule has 3 rings (SSSR count). The van der Waals surface area contributed by atoms with Gasteiger partial charge in [0.05, 0.1) is 24.4 Å². The number of benzene rings is 1. The maximum Gasteiger partial charge on any atom is 0.335 e. The van der Waals surface area contributed by atoms with Gasteiger partial charge in [0.2, 0.25) is 5.91 Å². The molecule has 0 bridgehead atoms. The molecule has 0 aliphatic carbocycles. The van der Waals surface area contributed by atoms with Crippen molar-refractivity contribution in [2.75, 3.05) is 13.2 Å². The number of nitrogens with one attached hydrogen (secondary N) is 2. The van der Waals surface area contributed by atoms with Gasteiger partial charge in [-0.25, -0.2) is 4.79 Å². The number of hydrogen-bond donors (Lipinski definition) is 3. The molecule has 2 aromatic rings. The second-order valence-corrected chi connectivity index (χ2v) is 6.13. The SMILES string of the molecule is O=C(CCc1cn[nH]c1)N[C@@H]1CCOC[C@H]1Oc1ccc(C(=O)O)cc1. The molecule has 2 atom stereocenters. The fourth-order valence-corrected chi connectivity index (χ4v) is 2.80.